The first kappa shape index (κ1) is 18.3. The molecule has 0 aromatic heterocycles. The van der Waals surface area contributed by atoms with E-state index >= 15 is 0 Å². The van der Waals surface area contributed by atoms with Gasteiger partial charge in [-0.05, 0) is 36.4 Å². The first-order chi connectivity index (χ1) is 12.2. The predicted molar refractivity (Wildman–Crippen MR) is 88.0 cm³/mol. The van der Waals surface area contributed by atoms with Gasteiger partial charge in [-0.2, -0.15) is 0 Å². The van der Waals surface area contributed by atoms with E-state index in [4.69, 9.17) is 20.4 Å². The van der Waals surface area contributed by atoms with Crippen molar-refractivity contribution in [1.29, 1.82) is 0 Å². The van der Waals surface area contributed by atoms with Gasteiger partial charge < -0.3 is 31.3 Å². The smallest absolute Gasteiger partial charge is 0.335 e. The van der Waals surface area contributed by atoms with E-state index in [1.54, 1.807) is 0 Å². The number of rotatable bonds is 7. The van der Waals surface area contributed by atoms with Crippen LogP contribution < -0.4 is 10.9 Å². The van der Waals surface area contributed by atoms with Crippen molar-refractivity contribution in [3.05, 3.63) is 58.7 Å². The molecule has 0 fully saturated rings. The molecular weight excluding hydrogens is 348 g/mol. The van der Waals surface area contributed by atoms with E-state index in [1.165, 1.54) is 0 Å². The summed E-state index contributed by atoms with van der Waals surface area (Å²) in [5.74, 6) is -5.34. The van der Waals surface area contributed by atoms with E-state index < -0.39 is 23.9 Å². The van der Waals surface area contributed by atoms with Gasteiger partial charge in [-0.1, -0.05) is 0 Å². The summed E-state index contributed by atoms with van der Waals surface area (Å²) in [5, 5.41) is 36.1. The molecule has 2 aromatic rings. The van der Waals surface area contributed by atoms with Crippen molar-refractivity contribution in [2.75, 3.05) is 10.9 Å². The number of anilines is 2. The van der Waals surface area contributed by atoms with Crippen LogP contribution in [-0.4, -0.2) is 44.3 Å². The summed E-state index contributed by atoms with van der Waals surface area (Å²) in [4.78, 5) is 44.3. The summed E-state index contributed by atoms with van der Waals surface area (Å²) in [6.45, 7) is 0. The van der Waals surface area contributed by atoms with Crippen molar-refractivity contribution in [3.63, 3.8) is 0 Å². The molecule has 2 rings (SSSR count). The van der Waals surface area contributed by atoms with Crippen LogP contribution in [0.1, 0.15) is 41.4 Å². The van der Waals surface area contributed by atoms with Crippen LogP contribution >= 0.6 is 0 Å². The third-order valence-electron chi connectivity index (χ3n) is 3.21. The lowest BCUT2D eigenvalue weighted by Crippen LogP contribution is -2.13. The van der Waals surface area contributed by atoms with E-state index in [9.17, 15) is 19.2 Å². The highest BCUT2D eigenvalue weighted by Crippen LogP contribution is 2.19. The van der Waals surface area contributed by atoms with Gasteiger partial charge in [0.1, 0.15) is 0 Å². The van der Waals surface area contributed by atoms with Gasteiger partial charge >= 0.3 is 23.9 Å². The lowest BCUT2D eigenvalue weighted by Gasteiger charge is -2.12. The lowest BCUT2D eigenvalue weighted by atomic mass is 10.1. The van der Waals surface area contributed by atoms with E-state index in [2.05, 4.69) is 10.9 Å². The van der Waals surface area contributed by atoms with Crippen LogP contribution in [0.15, 0.2) is 36.4 Å². The fourth-order valence-corrected chi connectivity index (χ4v) is 2.04. The fourth-order valence-electron chi connectivity index (χ4n) is 2.04. The molecule has 0 aliphatic carbocycles. The van der Waals surface area contributed by atoms with Gasteiger partial charge in [0.25, 0.3) is 0 Å². The summed E-state index contributed by atoms with van der Waals surface area (Å²) in [5.41, 5.74) is 4.07. The van der Waals surface area contributed by atoms with Crippen LogP contribution in [-0.2, 0) is 0 Å². The summed E-state index contributed by atoms with van der Waals surface area (Å²) in [6.07, 6.45) is 0. The number of hydrogen-bond donors (Lipinski definition) is 6. The third kappa shape index (κ3) is 4.26. The molecule has 2 aromatic carbocycles. The van der Waals surface area contributed by atoms with Crippen molar-refractivity contribution < 1.29 is 39.6 Å². The second-order valence-electron chi connectivity index (χ2n) is 5.07. The summed E-state index contributed by atoms with van der Waals surface area (Å²) >= 11 is 0. The first-order valence-electron chi connectivity index (χ1n) is 6.93. The Labute approximate surface area is 145 Å². The molecule has 0 spiro atoms. The average Bonchev–Trinajstić information content (AvgIpc) is 2.59. The van der Waals surface area contributed by atoms with Crippen molar-refractivity contribution in [3.8, 4) is 0 Å². The van der Waals surface area contributed by atoms with Crippen LogP contribution in [0.25, 0.3) is 0 Å². The minimum absolute atomic E-state index is 0.0694. The van der Waals surface area contributed by atoms with Crippen LogP contribution in [0.5, 0.6) is 0 Å². The fraction of sp³-hybridized carbons (Fsp3) is 0. The molecule has 10 nitrogen and oxygen atoms in total. The molecule has 0 heterocycles. The van der Waals surface area contributed by atoms with Gasteiger partial charge in [0, 0.05) is 0 Å². The summed E-state index contributed by atoms with van der Waals surface area (Å²) < 4.78 is 0. The lowest BCUT2D eigenvalue weighted by molar-refractivity contribution is 0.0676. The number of nitrogens with one attached hydrogen (secondary N) is 2. The summed E-state index contributed by atoms with van der Waals surface area (Å²) in [6, 6.07) is 6.57. The third-order valence-corrected chi connectivity index (χ3v) is 3.21. The van der Waals surface area contributed by atoms with Crippen molar-refractivity contribution >= 4 is 35.3 Å². The Morgan fingerprint density at radius 1 is 0.500 bits per heavy atom. The second-order valence-corrected chi connectivity index (χ2v) is 5.07. The van der Waals surface area contributed by atoms with Crippen molar-refractivity contribution in [2.24, 2.45) is 0 Å². The molecule has 0 radical (unpaired) electrons. The number of hydrogen-bond acceptors (Lipinski definition) is 6. The number of carbonyl (C=O) groups is 4. The van der Waals surface area contributed by atoms with Gasteiger partial charge in [-0.25, -0.2) is 19.2 Å². The minimum atomic E-state index is -1.34. The molecular formula is C16H12N2O8. The highest BCUT2D eigenvalue weighted by Gasteiger charge is 2.13. The molecule has 26 heavy (non-hydrogen) atoms. The van der Waals surface area contributed by atoms with E-state index in [-0.39, 0.29) is 33.6 Å². The molecule has 10 heteroatoms. The molecule has 6 N–H and O–H groups in total. The zero-order chi connectivity index (χ0) is 19.4. The zero-order valence-corrected chi connectivity index (χ0v) is 12.9. The molecule has 0 saturated carbocycles. The van der Waals surface area contributed by atoms with Crippen LogP contribution in [0, 0.1) is 0 Å². The second kappa shape index (κ2) is 7.21. The van der Waals surface area contributed by atoms with Crippen molar-refractivity contribution in [2.45, 2.75) is 0 Å². The predicted octanol–water partition coefficient (Wildman–Crippen LogP) is 1.92. The maximum atomic E-state index is 11.1. The van der Waals surface area contributed by atoms with Crippen LogP contribution in [0.2, 0.25) is 0 Å². The largest absolute Gasteiger partial charge is 0.478 e. The number of carboxylic acids is 4. The van der Waals surface area contributed by atoms with Gasteiger partial charge in [-0.3, -0.25) is 0 Å². The minimum Gasteiger partial charge on any atom is -0.478 e. The topological polar surface area (TPSA) is 173 Å². The maximum Gasteiger partial charge on any atom is 0.335 e. The Hall–Kier alpha value is -4.08. The zero-order valence-electron chi connectivity index (χ0n) is 12.9. The molecule has 0 atom stereocenters. The SMILES string of the molecule is O=C(O)c1cc(NNc2cc(C(=O)O)cc(C(=O)O)c2)cc(C(=O)O)c1. The highest BCUT2D eigenvalue weighted by atomic mass is 16.4. The van der Waals surface area contributed by atoms with Crippen LogP contribution in [0.3, 0.4) is 0 Å². The number of benzene rings is 2. The Balaban J connectivity index is 2.33. The molecule has 0 aliphatic heterocycles. The Morgan fingerprint density at radius 3 is 0.923 bits per heavy atom. The number of carboxylic acid groups (broad SMARTS) is 4. The van der Waals surface area contributed by atoms with Crippen molar-refractivity contribution in [1.82, 2.24) is 0 Å². The normalized spacial score (nSPS) is 10.0. The number of aromatic carboxylic acids is 4. The van der Waals surface area contributed by atoms with Crippen LogP contribution in [0.4, 0.5) is 11.4 Å². The Bertz CT molecular complexity index is 782. The Morgan fingerprint density at radius 2 is 0.731 bits per heavy atom. The van der Waals surface area contributed by atoms with E-state index in [0.29, 0.717) is 0 Å². The maximum absolute atomic E-state index is 11.1. The Kier molecular flexibility index (Phi) is 5.07. The first-order valence-corrected chi connectivity index (χ1v) is 6.93. The number of hydrazine groups is 1. The highest BCUT2D eigenvalue weighted by molar-refractivity contribution is 5.96. The standard InChI is InChI=1S/C16H12N2O8/c19-13(20)7-1-8(14(21)22)4-11(3-7)17-18-12-5-9(15(23)24)2-10(6-12)16(25)26/h1-6,17-18H,(H,19,20)(H,21,22)(H,23,24)(H,25,26). The summed E-state index contributed by atoms with van der Waals surface area (Å²) in [7, 11) is 0. The van der Waals surface area contributed by atoms with Gasteiger partial charge in [-0.15, -0.1) is 0 Å². The van der Waals surface area contributed by atoms with Gasteiger partial charge in [0.15, 0.2) is 0 Å². The molecule has 0 saturated heterocycles. The molecule has 0 bridgehead atoms. The molecule has 134 valence electrons. The van der Waals surface area contributed by atoms with E-state index in [1.807, 2.05) is 0 Å². The molecule has 0 unspecified atom stereocenters. The van der Waals surface area contributed by atoms with Gasteiger partial charge in [0.05, 0.1) is 33.6 Å². The molecule has 0 aliphatic rings. The molecule has 0 amide bonds. The van der Waals surface area contributed by atoms with Gasteiger partial charge in [0.2, 0.25) is 0 Å². The quantitative estimate of drug-likeness (QED) is 0.400. The average molecular weight is 360 g/mol. The van der Waals surface area contributed by atoms with E-state index in [0.717, 1.165) is 36.4 Å². The monoisotopic (exact) mass is 360 g/mol.